The zero-order chi connectivity index (χ0) is 35.5. The second-order valence-corrected chi connectivity index (χ2v) is 11.7. The number of aromatic nitrogens is 2. The molecule has 1 aromatic heterocycles. The topological polar surface area (TPSA) is 120 Å². The maximum Gasteiger partial charge on any atom is 0.420 e. The van der Waals surface area contributed by atoms with Crippen LogP contribution in [-0.4, -0.2) is 101 Å². The minimum atomic E-state index is -0.659. The van der Waals surface area contributed by atoms with Gasteiger partial charge in [0.1, 0.15) is 23.4 Å². The van der Waals surface area contributed by atoms with E-state index in [1.54, 1.807) is 57.9 Å². The van der Waals surface area contributed by atoms with Crippen LogP contribution in [0.1, 0.15) is 25.0 Å². The van der Waals surface area contributed by atoms with Crippen LogP contribution in [-0.2, 0) is 4.74 Å². The SMILES string of the molecule is COc1ccc(N(C(=O)O[C@@H](C)c2ccccc2)c2ccnc(Nc3cc(OC)c(OC)c(OCCCN4CCN(C)CC4)c3)n2)c(OC)c1. The molecule has 0 radical (unpaired) electrons. The third kappa shape index (κ3) is 9.04. The van der Waals surface area contributed by atoms with E-state index in [4.69, 9.17) is 33.4 Å². The molecular formula is C37H46N6O7. The lowest BCUT2D eigenvalue weighted by molar-refractivity contribution is 0.116. The number of nitrogens with zero attached hydrogens (tertiary/aromatic N) is 5. The van der Waals surface area contributed by atoms with Gasteiger partial charge in [0.25, 0.3) is 0 Å². The molecule has 1 aliphatic rings. The predicted octanol–water partition coefficient (Wildman–Crippen LogP) is 6.31. The summed E-state index contributed by atoms with van der Waals surface area (Å²) in [5.74, 6) is 2.90. The molecule has 1 atom stereocenters. The van der Waals surface area contributed by atoms with E-state index in [1.807, 2.05) is 43.3 Å². The van der Waals surface area contributed by atoms with Gasteiger partial charge in [-0.25, -0.2) is 14.7 Å². The van der Waals surface area contributed by atoms with Crippen molar-refractivity contribution in [3.05, 3.63) is 78.5 Å². The lowest BCUT2D eigenvalue weighted by Crippen LogP contribution is -2.44. The lowest BCUT2D eigenvalue weighted by atomic mass is 10.1. The van der Waals surface area contributed by atoms with E-state index < -0.39 is 12.2 Å². The molecule has 1 saturated heterocycles. The van der Waals surface area contributed by atoms with Crippen molar-refractivity contribution >= 4 is 29.2 Å². The second kappa shape index (κ2) is 17.4. The smallest absolute Gasteiger partial charge is 0.420 e. The molecule has 1 amide bonds. The number of hydrogen-bond acceptors (Lipinski definition) is 12. The van der Waals surface area contributed by atoms with Gasteiger partial charge < -0.3 is 43.5 Å². The zero-order valence-electron chi connectivity index (χ0n) is 29.5. The van der Waals surface area contributed by atoms with Gasteiger partial charge >= 0.3 is 6.09 Å². The summed E-state index contributed by atoms with van der Waals surface area (Å²) < 4.78 is 34.5. The molecule has 5 rings (SSSR count). The van der Waals surface area contributed by atoms with Crippen molar-refractivity contribution in [3.63, 3.8) is 0 Å². The lowest BCUT2D eigenvalue weighted by Gasteiger charge is -2.32. The molecule has 4 aromatic rings. The molecule has 50 heavy (non-hydrogen) atoms. The van der Waals surface area contributed by atoms with Crippen LogP contribution in [0.4, 0.5) is 27.9 Å². The van der Waals surface area contributed by atoms with Crippen molar-refractivity contribution in [2.24, 2.45) is 0 Å². The standard InChI is InChI=1S/C37H46N6O7/c1-26(27-11-8-7-9-12-27)50-37(44)43(30-14-13-29(45-3)25-31(30)46-4)34-15-16-38-36(40-34)39-28-23-32(47-5)35(48-6)33(24-28)49-22-10-17-42-20-18-41(2)19-21-42/h7-9,11-16,23-26H,10,17-22H2,1-6H3,(H,38,39,40)/t26-/m0/s1. The maximum atomic E-state index is 13.9. The van der Waals surface area contributed by atoms with E-state index in [1.165, 1.54) is 12.0 Å². The largest absolute Gasteiger partial charge is 0.497 e. The molecule has 0 spiro atoms. The number of anilines is 4. The number of nitrogens with one attached hydrogen (secondary N) is 1. The molecule has 1 aliphatic heterocycles. The van der Waals surface area contributed by atoms with Crippen LogP contribution in [0.15, 0.2) is 72.9 Å². The van der Waals surface area contributed by atoms with Crippen molar-refractivity contribution in [1.29, 1.82) is 0 Å². The third-order valence-electron chi connectivity index (χ3n) is 8.40. The molecule has 3 aromatic carbocycles. The second-order valence-electron chi connectivity index (χ2n) is 11.7. The summed E-state index contributed by atoms with van der Waals surface area (Å²) >= 11 is 0. The molecule has 266 valence electrons. The van der Waals surface area contributed by atoms with Crippen molar-refractivity contribution in [1.82, 2.24) is 19.8 Å². The number of ether oxygens (including phenoxy) is 6. The van der Waals surface area contributed by atoms with Crippen molar-refractivity contribution in [2.75, 3.05) is 85.0 Å². The maximum absolute atomic E-state index is 13.9. The Labute approximate surface area is 293 Å². The summed E-state index contributed by atoms with van der Waals surface area (Å²) in [6.07, 6.45) is 1.22. The van der Waals surface area contributed by atoms with Crippen molar-refractivity contribution < 1.29 is 33.2 Å². The third-order valence-corrected chi connectivity index (χ3v) is 8.40. The van der Waals surface area contributed by atoms with Gasteiger partial charge in [-0.1, -0.05) is 30.3 Å². The average Bonchev–Trinajstić information content (AvgIpc) is 3.14. The van der Waals surface area contributed by atoms with Gasteiger partial charge in [0.2, 0.25) is 11.7 Å². The average molecular weight is 687 g/mol. The number of piperazine rings is 1. The van der Waals surface area contributed by atoms with Gasteiger partial charge in [0, 0.05) is 68.9 Å². The Morgan fingerprint density at radius 3 is 2.32 bits per heavy atom. The Balaban J connectivity index is 1.40. The molecule has 1 fully saturated rings. The Bertz CT molecular complexity index is 1700. The van der Waals surface area contributed by atoms with Crippen LogP contribution < -0.4 is 33.9 Å². The Hall–Kier alpha value is -5.27. The van der Waals surface area contributed by atoms with E-state index in [0.29, 0.717) is 46.7 Å². The summed E-state index contributed by atoms with van der Waals surface area (Å²) in [7, 11) is 8.37. The van der Waals surface area contributed by atoms with Gasteiger partial charge in [0.05, 0.1) is 40.7 Å². The fraction of sp³-hybridized carbons (Fsp3) is 0.378. The molecule has 0 aliphatic carbocycles. The number of amides is 1. The van der Waals surface area contributed by atoms with Crippen molar-refractivity contribution in [3.8, 4) is 28.7 Å². The number of carbonyl (C=O) groups is 1. The van der Waals surface area contributed by atoms with Crippen molar-refractivity contribution in [2.45, 2.75) is 19.4 Å². The first kappa shape index (κ1) is 36.0. The molecule has 0 bridgehead atoms. The van der Waals surface area contributed by atoms with Gasteiger partial charge in [-0.05, 0) is 38.1 Å². The minimum Gasteiger partial charge on any atom is -0.497 e. The first-order valence-corrected chi connectivity index (χ1v) is 16.5. The number of methoxy groups -OCH3 is 4. The van der Waals surface area contributed by atoms with E-state index in [9.17, 15) is 4.79 Å². The Morgan fingerprint density at radius 1 is 0.880 bits per heavy atom. The van der Waals surface area contributed by atoms with Gasteiger partial charge in [0.15, 0.2) is 11.5 Å². The van der Waals surface area contributed by atoms with Crippen LogP contribution in [0.25, 0.3) is 0 Å². The summed E-state index contributed by atoms with van der Waals surface area (Å²) in [6.45, 7) is 7.52. The molecule has 1 N–H and O–H groups in total. The van der Waals surface area contributed by atoms with E-state index >= 15 is 0 Å². The molecule has 0 unspecified atom stereocenters. The van der Waals surface area contributed by atoms with E-state index in [0.717, 1.165) is 44.7 Å². The van der Waals surface area contributed by atoms with Gasteiger partial charge in [-0.15, -0.1) is 0 Å². The van der Waals surface area contributed by atoms with Gasteiger partial charge in [-0.3, -0.25) is 0 Å². The van der Waals surface area contributed by atoms with Crippen LogP contribution >= 0.6 is 0 Å². The van der Waals surface area contributed by atoms with Crippen LogP contribution in [0, 0.1) is 0 Å². The highest BCUT2D eigenvalue weighted by Gasteiger charge is 2.27. The summed E-state index contributed by atoms with van der Waals surface area (Å²) in [5.41, 5.74) is 1.85. The van der Waals surface area contributed by atoms with Gasteiger partial charge in [-0.2, -0.15) is 4.98 Å². The first-order valence-electron chi connectivity index (χ1n) is 16.5. The Kier molecular flexibility index (Phi) is 12.5. The molecule has 0 saturated carbocycles. The number of rotatable bonds is 15. The summed E-state index contributed by atoms with van der Waals surface area (Å²) in [5, 5.41) is 3.24. The van der Waals surface area contributed by atoms with Crippen LogP contribution in [0.5, 0.6) is 28.7 Å². The molecular weight excluding hydrogens is 640 g/mol. The normalized spacial score (nSPS) is 14.0. The number of hydrogen-bond donors (Lipinski definition) is 1. The monoisotopic (exact) mass is 686 g/mol. The Morgan fingerprint density at radius 2 is 1.62 bits per heavy atom. The predicted molar refractivity (Wildman–Crippen MR) is 192 cm³/mol. The number of likely N-dealkylation sites (N-methyl/N-ethyl adjacent to an activating group) is 1. The zero-order valence-corrected chi connectivity index (χ0v) is 29.5. The van der Waals surface area contributed by atoms with E-state index in [2.05, 4.69) is 27.1 Å². The highest BCUT2D eigenvalue weighted by Crippen LogP contribution is 2.41. The quantitative estimate of drug-likeness (QED) is 0.141. The molecule has 13 heteroatoms. The minimum absolute atomic E-state index is 0.220. The highest BCUT2D eigenvalue weighted by atomic mass is 16.6. The summed E-state index contributed by atoms with van der Waals surface area (Å²) in [6, 6.07) is 19.8. The summed E-state index contributed by atoms with van der Waals surface area (Å²) in [4.78, 5) is 29.2. The molecule has 2 heterocycles. The first-order chi connectivity index (χ1) is 24.3. The fourth-order valence-electron chi connectivity index (χ4n) is 5.59. The highest BCUT2D eigenvalue weighted by molar-refractivity contribution is 5.97. The van der Waals surface area contributed by atoms with E-state index in [-0.39, 0.29) is 11.8 Å². The molecule has 13 nitrogen and oxygen atoms in total. The fourth-order valence-corrected chi connectivity index (χ4v) is 5.59. The number of carbonyl (C=O) groups excluding carboxylic acids is 1. The van der Waals surface area contributed by atoms with Crippen LogP contribution in [0.3, 0.4) is 0 Å². The number of benzene rings is 3. The van der Waals surface area contributed by atoms with Crippen LogP contribution in [0.2, 0.25) is 0 Å².